The van der Waals surface area contributed by atoms with Crippen molar-refractivity contribution in [3.8, 4) is 11.6 Å². The van der Waals surface area contributed by atoms with E-state index in [4.69, 9.17) is 16.3 Å². The number of para-hydroxylation sites is 1. The van der Waals surface area contributed by atoms with Gasteiger partial charge in [0.1, 0.15) is 17.7 Å². The largest absolute Gasteiger partial charge is 0.431 e. The summed E-state index contributed by atoms with van der Waals surface area (Å²) < 4.78 is 5.74. The first-order chi connectivity index (χ1) is 13.6. The summed E-state index contributed by atoms with van der Waals surface area (Å²) in [4.78, 5) is 27.3. The number of nitrogens with zero attached hydrogens (tertiary/aromatic N) is 5. The molecule has 3 heterocycles. The molecular weight excluding hydrogens is 384 g/mol. The van der Waals surface area contributed by atoms with E-state index < -0.39 is 10.6 Å². The molecule has 10 heteroatoms. The van der Waals surface area contributed by atoms with Crippen molar-refractivity contribution < 1.29 is 9.66 Å². The molecule has 0 bridgehead atoms. The van der Waals surface area contributed by atoms with E-state index in [1.807, 2.05) is 12.1 Å². The molecule has 4 rings (SSSR count). The van der Waals surface area contributed by atoms with Crippen LogP contribution in [0.2, 0.25) is 5.02 Å². The Balaban J connectivity index is 1.74. The molecule has 0 radical (unpaired) electrons. The molecule has 0 aliphatic heterocycles. The molecule has 4 aromatic rings. The highest BCUT2D eigenvalue weighted by Crippen LogP contribution is 2.36. The minimum Gasteiger partial charge on any atom is -0.431 e. The molecule has 0 amide bonds. The molecule has 0 fully saturated rings. The Hall–Kier alpha value is -3.85. The highest BCUT2D eigenvalue weighted by atomic mass is 35.5. The molecule has 3 aromatic heterocycles. The molecule has 0 saturated carbocycles. The molecule has 0 saturated heterocycles. The average molecular weight is 395 g/mol. The summed E-state index contributed by atoms with van der Waals surface area (Å²) in [5.41, 5.74) is 0.138. The van der Waals surface area contributed by atoms with Gasteiger partial charge in [0.05, 0.1) is 9.95 Å². The van der Waals surface area contributed by atoms with Gasteiger partial charge in [0, 0.05) is 17.8 Å². The van der Waals surface area contributed by atoms with Crippen LogP contribution in [0.15, 0.2) is 61.2 Å². The SMILES string of the molecule is O=[N+]([O-])c1c(Nc2ccc(Cl)cn2)ncnc1Oc1cccc2cccnc12. The highest BCUT2D eigenvalue weighted by Gasteiger charge is 2.26. The molecule has 0 aliphatic carbocycles. The lowest BCUT2D eigenvalue weighted by Gasteiger charge is -2.10. The summed E-state index contributed by atoms with van der Waals surface area (Å²) in [6.07, 6.45) is 4.19. The highest BCUT2D eigenvalue weighted by molar-refractivity contribution is 6.30. The van der Waals surface area contributed by atoms with E-state index in [0.29, 0.717) is 22.1 Å². The summed E-state index contributed by atoms with van der Waals surface area (Å²) in [5.74, 6) is 0.409. The lowest BCUT2D eigenvalue weighted by atomic mass is 10.2. The zero-order valence-electron chi connectivity index (χ0n) is 14.1. The van der Waals surface area contributed by atoms with E-state index >= 15 is 0 Å². The second-order valence-electron chi connectivity index (χ2n) is 5.55. The molecule has 0 aliphatic rings. The van der Waals surface area contributed by atoms with Crippen LogP contribution < -0.4 is 10.1 Å². The van der Waals surface area contributed by atoms with Crippen LogP contribution in [-0.4, -0.2) is 24.9 Å². The molecular formula is C18H11ClN6O3. The van der Waals surface area contributed by atoms with E-state index in [1.54, 1.807) is 36.5 Å². The van der Waals surface area contributed by atoms with Crippen LogP contribution in [0.1, 0.15) is 0 Å². The van der Waals surface area contributed by atoms with Crippen molar-refractivity contribution in [1.29, 1.82) is 0 Å². The first-order valence-electron chi connectivity index (χ1n) is 8.01. The van der Waals surface area contributed by atoms with Crippen molar-refractivity contribution in [1.82, 2.24) is 19.9 Å². The number of aromatic nitrogens is 4. The standard InChI is InChI=1S/C18H11ClN6O3/c19-12-6-7-14(21-9-12)24-17-16(25(26)27)18(23-10-22-17)28-13-5-1-3-11-4-2-8-20-15(11)13/h1-10H,(H,21,22,23,24). The minimum atomic E-state index is -0.619. The summed E-state index contributed by atoms with van der Waals surface area (Å²) in [6.45, 7) is 0. The van der Waals surface area contributed by atoms with Gasteiger partial charge < -0.3 is 10.1 Å². The molecule has 138 valence electrons. The first kappa shape index (κ1) is 17.6. The molecule has 0 atom stereocenters. The van der Waals surface area contributed by atoms with Crippen molar-refractivity contribution in [3.63, 3.8) is 0 Å². The van der Waals surface area contributed by atoms with Crippen LogP contribution in [0.4, 0.5) is 17.3 Å². The van der Waals surface area contributed by atoms with E-state index in [-0.39, 0.29) is 11.7 Å². The Morgan fingerprint density at radius 3 is 2.68 bits per heavy atom. The summed E-state index contributed by atoms with van der Waals surface area (Å²) in [7, 11) is 0. The van der Waals surface area contributed by atoms with E-state index in [1.165, 1.54) is 12.5 Å². The molecule has 1 N–H and O–H groups in total. The van der Waals surface area contributed by atoms with Gasteiger partial charge in [-0.05, 0) is 24.3 Å². The second-order valence-corrected chi connectivity index (χ2v) is 5.99. The maximum absolute atomic E-state index is 11.7. The summed E-state index contributed by atoms with van der Waals surface area (Å²) in [6, 6.07) is 12.1. The van der Waals surface area contributed by atoms with Gasteiger partial charge in [0.25, 0.3) is 0 Å². The third-order valence-corrected chi connectivity index (χ3v) is 3.97. The number of nitrogens with one attached hydrogen (secondary N) is 1. The molecule has 0 spiro atoms. The first-order valence-corrected chi connectivity index (χ1v) is 8.39. The lowest BCUT2D eigenvalue weighted by Crippen LogP contribution is -2.04. The van der Waals surface area contributed by atoms with Crippen molar-refractivity contribution in [2.45, 2.75) is 0 Å². The van der Waals surface area contributed by atoms with Crippen LogP contribution in [-0.2, 0) is 0 Å². The number of nitro groups is 1. The van der Waals surface area contributed by atoms with Crippen LogP contribution in [0.3, 0.4) is 0 Å². The van der Waals surface area contributed by atoms with Crippen molar-refractivity contribution in [2.24, 2.45) is 0 Å². The maximum Gasteiger partial charge on any atom is 0.373 e. The molecule has 1 aromatic carbocycles. The number of anilines is 2. The van der Waals surface area contributed by atoms with Crippen LogP contribution in [0, 0.1) is 10.1 Å². The van der Waals surface area contributed by atoms with Gasteiger partial charge in [-0.1, -0.05) is 29.8 Å². The fourth-order valence-corrected chi connectivity index (χ4v) is 2.64. The average Bonchev–Trinajstić information content (AvgIpc) is 2.70. The van der Waals surface area contributed by atoms with Gasteiger partial charge >= 0.3 is 11.6 Å². The third kappa shape index (κ3) is 3.51. The van der Waals surface area contributed by atoms with E-state index in [9.17, 15) is 10.1 Å². The Bertz CT molecular complexity index is 1160. The monoisotopic (exact) mass is 394 g/mol. The zero-order chi connectivity index (χ0) is 19.5. The van der Waals surface area contributed by atoms with E-state index in [0.717, 1.165) is 5.39 Å². The fraction of sp³-hybridized carbons (Fsp3) is 0. The van der Waals surface area contributed by atoms with E-state index in [2.05, 4.69) is 25.3 Å². The molecule has 9 nitrogen and oxygen atoms in total. The number of rotatable bonds is 5. The summed E-state index contributed by atoms with van der Waals surface area (Å²) >= 11 is 5.81. The number of ether oxygens (including phenoxy) is 1. The van der Waals surface area contributed by atoms with Gasteiger partial charge in [0.2, 0.25) is 5.82 Å². The number of fused-ring (bicyclic) bond motifs is 1. The van der Waals surface area contributed by atoms with Gasteiger partial charge in [-0.15, -0.1) is 0 Å². The smallest absolute Gasteiger partial charge is 0.373 e. The van der Waals surface area contributed by atoms with Gasteiger partial charge in [0.15, 0.2) is 5.75 Å². The normalized spacial score (nSPS) is 10.6. The predicted octanol–water partition coefficient (Wildman–Crippen LogP) is 4.52. The van der Waals surface area contributed by atoms with Crippen LogP contribution in [0.25, 0.3) is 10.9 Å². The van der Waals surface area contributed by atoms with Gasteiger partial charge in [-0.25, -0.2) is 9.97 Å². The Morgan fingerprint density at radius 1 is 1.04 bits per heavy atom. The number of halogens is 1. The fourth-order valence-electron chi connectivity index (χ4n) is 2.53. The van der Waals surface area contributed by atoms with Crippen molar-refractivity contribution >= 4 is 39.8 Å². The Labute approximate surface area is 163 Å². The third-order valence-electron chi connectivity index (χ3n) is 3.75. The lowest BCUT2D eigenvalue weighted by molar-refractivity contribution is -0.385. The number of hydrogen-bond acceptors (Lipinski definition) is 8. The van der Waals surface area contributed by atoms with Gasteiger partial charge in [-0.2, -0.15) is 4.98 Å². The number of pyridine rings is 2. The minimum absolute atomic E-state index is 0.0574. The Morgan fingerprint density at radius 2 is 1.89 bits per heavy atom. The summed E-state index contributed by atoms with van der Waals surface area (Å²) in [5, 5.41) is 15.7. The number of hydrogen-bond donors (Lipinski definition) is 1. The maximum atomic E-state index is 11.7. The quantitative estimate of drug-likeness (QED) is 0.388. The van der Waals surface area contributed by atoms with Crippen LogP contribution >= 0.6 is 11.6 Å². The van der Waals surface area contributed by atoms with Crippen molar-refractivity contribution in [2.75, 3.05) is 5.32 Å². The topological polar surface area (TPSA) is 116 Å². The van der Waals surface area contributed by atoms with Crippen molar-refractivity contribution in [3.05, 3.63) is 76.3 Å². The van der Waals surface area contributed by atoms with Gasteiger partial charge in [-0.3, -0.25) is 15.1 Å². The molecule has 0 unspecified atom stereocenters. The van der Waals surface area contributed by atoms with Crippen LogP contribution in [0.5, 0.6) is 11.6 Å². The Kier molecular flexibility index (Phi) is 4.65. The number of benzene rings is 1. The predicted molar refractivity (Wildman–Crippen MR) is 103 cm³/mol. The second kappa shape index (κ2) is 7.41. The zero-order valence-corrected chi connectivity index (χ0v) is 14.9. The molecule has 28 heavy (non-hydrogen) atoms.